The van der Waals surface area contributed by atoms with Crippen molar-refractivity contribution in [1.82, 2.24) is 0 Å². The van der Waals surface area contributed by atoms with Gasteiger partial charge >= 0.3 is 8.60 Å². The highest BCUT2D eigenvalue weighted by molar-refractivity contribution is 7.80. The van der Waals surface area contributed by atoms with Crippen molar-refractivity contribution in [2.24, 2.45) is 0 Å². The summed E-state index contributed by atoms with van der Waals surface area (Å²) < 4.78 is 0. The van der Waals surface area contributed by atoms with Gasteiger partial charge in [-0.25, -0.2) is 0 Å². The minimum atomic E-state index is -2.62. The molecule has 0 amide bonds. The monoisotopic (exact) mass is 766 g/mol. The van der Waals surface area contributed by atoms with E-state index in [1.807, 2.05) is 0 Å². The Labute approximate surface area is 273 Å². The van der Waals surface area contributed by atoms with E-state index in [4.69, 9.17) is 119 Å². The summed E-state index contributed by atoms with van der Waals surface area (Å²) in [5.41, 5.74) is 0. The molecule has 3 rings (SSSR count). The van der Waals surface area contributed by atoms with Crippen LogP contribution in [0.5, 0.6) is 17.2 Å². The fourth-order valence-electron chi connectivity index (χ4n) is 1.73. The van der Waals surface area contributed by atoms with Gasteiger partial charge < -0.3 is 30.0 Å². The number of aromatic hydroxyl groups is 3. The van der Waals surface area contributed by atoms with Crippen LogP contribution >= 0.6 is 151 Å². The molecule has 0 aliphatic carbocycles. The van der Waals surface area contributed by atoms with Crippen LogP contribution in [-0.4, -0.2) is 30.0 Å². The van der Waals surface area contributed by atoms with Crippen LogP contribution in [0.15, 0.2) is 32.9 Å². The Morgan fingerprint density at radius 3 is 0.757 bits per heavy atom. The molecule has 0 aliphatic heterocycles. The third-order valence-electron chi connectivity index (χ3n) is 3.34. The number of phenols is 3. The van der Waals surface area contributed by atoms with E-state index in [1.54, 1.807) is 0 Å². The van der Waals surface area contributed by atoms with Crippen molar-refractivity contribution in [2.45, 2.75) is 14.7 Å². The highest BCUT2D eigenvalue weighted by Crippen LogP contribution is 2.42. The van der Waals surface area contributed by atoms with E-state index in [0.717, 1.165) is 0 Å². The molecule has 0 aromatic heterocycles. The van der Waals surface area contributed by atoms with Gasteiger partial charge in [-0.2, -0.15) is 0 Å². The van der Waals surface area contributed by atoms with E-state index in [0.29, 0.717) is 14.7 Å². The molecule has 0 radical (unpaired) electrons. The van der Waals surface area contributed by atoms with Crippen molar-refractivity contribution in [2.75, 3.05) is 0 Å². The van der Waals surface area contributed by atoms with Crippen molar-refractivity contribution >= 4 is 151 Å². The van der Waals surface area contributed by atoms with Gasteiger partial charge in [0.15, 0.2) is 17.2 Å². The predicted octanol–water partition coefficient (Wildman–Crippen LogP) is 10.1. The minimum Gasteiger partial charge on any atom is -0.505 e. The second kappa shape index (κ2) is 17.8. The lowest BCUT2D eigenvalue weighted by Crippen LogP contribution is -1.76. The Bertz CT molecular complexity index is 1030. The number of rotatable bonds is 0. The molecule has 0 bridgehead atoms. The van der Waals surface area contributed by atoms with Gasteiger partial charge in [0.05, 0.1) is 30.1 Å². The summed E-state index contributed by atoms with van der Waals surface area (Å²) in [6, 6.07) is 4.40. The number of phenolic OH excluding ortho intramolecular Hbond substituents is 3. The van der Waals surface area contributed by atoms with Crippen molar-refractivity contribution in [3.8, 4) is 17.2 Å². The summed E-state index contributed by atoms with van der Waals surface area (Å²) in [6.45, 7) is 0. The van der Waals surface area contributed by atoms with E-state index >= 15 is 0 Å². The van der Waals surface area contributed by atoms with Crippen molar-refractivity contribution < 1.29 is 30.0 Å². The quantitative estimate of drug-likeness (QED) is 0.0638. The van der Waals surface area contributed by atoms with Crippen molar-refractivity contribution in [1.29, 1.82) is 0 Å². The van der Waals surface area contributed by atoms with E-state index in [-0.39, 0.29) is 62.5 Å². The zero-order valence-electron chi connectivity index (χ0n) is 17.1. The third kappa shape index (κ3) is 12.2. The smallest absolute Gasteiger partial charge is 0.324 e. The van der Waals surface area contributed by atoms with Crippen LogP contribution in [0.4, 0.5) is 0 Å². The fourth-order valence-corrected chi connectivity index (χ4v) is 4.30. The zero-order chi connectivity index (χ0) is 29.4. The second-order valence-electron chi connectivity index (χ2n) is 5.83. The molecule has 206 valence electrons. The highest BCUT2D eigenvalue weighted by atomic mass is 35.5. The Morgan fingerprint density at radius 1 is 0.432 bits per heavy atom. The fraction of sp³-hybridized carbons (Fsp3) is 0. The van der Waals surface area contributed by atoms with Gasteiger partial charge in [-0.3, -0.25) is 0 Å². The molecule has 37 heavy (non-hydrogen) atoms. The number of hydrogen-bond donors (Lipinski definition) is 9. The molecule has 6 N–H and O–H groups in total. The van der Waals surface area contributed by atoms with E-state index in [2.05, 4.69) is 37.9 Å². The molecule has 0 saturated carbocycles. The van der Waals surface area contributed by atoms with E-state index in [1.165, 1.54) is 18.2 Å². The number of benzene rings is 3. The zero-order valence-corrected chi connectivity index (χ0v) is 27.5. The van der Waals surface area contributed by atoms with Gasteiger partial charge in [0.2, 0.25) is 0 Å². The van der Waals surface area contributed by atoms with Crippen LogP contribution in [0.1, 0.15) is 0 Å². The predicted molar refractivity (Wildman–Crippen MR) is 165 cm³/mol. The Kier molecular flexibility index (Phi) is 18.3. The topological polar surface area (TPSA) is 121 Å². The van der Waals surface area contributed by atoms with Crippen LogP contribution in [0.25, 0.3) is 0 Å². The summed E-state index contributed by atoms with van der Waals surface area (Å²) in [7, 11) is -2.62. The molecule has 0 unspecified atom stereocenters. The van der Waals surface area contributed by atoms with Crippen LogP contribution < -0.4 is 0 Å². The highest BCUT2D eigenvalue weighted by Gasteiger charge is 2.12. The summed E-state index contributed by atoms with van der Waals surface area (Å²) in [4.78, 5) is 22.9. The van der Waals surface area contributed by atoms with Crippen molar-refractivity contribution in [3.63, 3.8) is 0 Å². The number of hydrogen-bond acceptors (Lipinski definition) is 9. The van der Waals surface area contributed by atoms with Crippen LogP contribution in [0.2, 0.25) is 45.2 Å². The molecule has 0 atom stereocenters. The molecule has 0 fully saturated rings. The third-order valence-corrected chi connectivity index (χ3v) is 8.27. The maximum atomic E-state index is 9.17. The van der Waals surface area contributed by atoms with Crippen LogP contribution in [0, 0.1) is 0 Å². The number of halogens is 9. The van der Waals surface area contributed by atoms with Gasteiger partial charge in [0.1, 0.15) is 15.1 Å². The lowest BCUT2D eigenvalue weighted by molar-refractivity contribution is 0.368. The molecular weight excluding hydrogens is 758 g/mol. The van der Waals surface area contributed by atoms with Crippen LogP contribution in [-0.2, 0) is 0 Å². The molecule has 6 nitrogen and oxygen atoms in total. The van der Waals surface area contributed by atoms with Crippen LogP contribution in [0.3, 0.4) is 0 Å². The van der Waals surface area contributed by atoms with Gasteiger partial charge in [-0.05, 0) is 18.2 Å². The first kappa shape index (κ1) is 38.0. The molecule has 0 spiro atoms. The molecule has 19 heteroatoms. The summed E-state index contributed by atoms with van der Waals surface area (Å²) in [5.74, 6) is -0.692. The maximum Gasteiger partial charge on any atom is 0.324 e. The Hall–Kier alpha value is 1.03. The Morgan fingerprint density at radius 2 is 0.595 bits per heavy atom. The van der Waals surface area contributed by atoms with Gasteiger partial charge in [-0.1, -0.05) is 104 Å². The Balaban J connectivity index is 0.000000490. The molecule has 0 aliphatic rings. The molecular formula is C18H12Cl9O6PS3. The van der Waals surface area contributed by atoms with E-state index in [9.17, 15) is 15.3 Å². The molecule has 0 heterocycles. The average molecular weight is 771 g/mol. The lowest BCUT2D eigenvalue weighted by atomic mass is 10.3. The lowest BCUT2D eigenvalue weighted by Gasteiger charge is -2.03. The van der Waals surface area contributed by atoms with Crippen molar-refractivity contribution in [3.05, 3.63) is 63.4 Å². The first-order chi connectivity index (χ1) is 16.8. The standard InChI is InChI=1S/3C6H3Cl3OS.H3O3P/c3*7-2-1-3(11)5(9)6(10)4(2)8;1-4(2)3/h3*1,10-11H;1-3H. The summed E-state index contributed by atoms with van der Waals surface area (Å²) >= 11 is 62.0. The van der Waals surface area contributed by atoms with Gasteiger partial charge in [0.25, 0.3) is 0 Å². The average Bonchev–Trinajstić information content (AvgIpc) is 2.81. The second-order valence-corrected chi connectivity index (χ2v) is 11.3. The summed E-state index contributed by atoms with van der Waals surface area (Å²) in [6.07, 6.45) is 0. The van der Waals surface area contributed by atoms with Gasteiger partial charge in [0, 0.05) is 14.7 Å². The minimum absolute atomic E-state index is 0.0504. The normalized spacial score (nSPS) is 10.1. The SMILES string of the molecule is OP(O)O.Oc1c(Cl)c(S)cc(Cl)c1Cl.Oc1c(Cl)c(S)cc(Cl)c1Cl.Oc1c(Cl)c(S)cc(Cl)c1Cl. The molecule has 3 aromatic rings. The molecule has 0 saturated heterocycles. The largest absolute Gasteiger partial charge is 0.505 e. The first-order valence-electron chi connectivity index (χ1n) is 8.37. The maximum absolute atomic E-state index is 9.17. The molecule has 3 aromatic carbocycles. The summed E-state index contributed by atoms with van der Waals surface area (Å²) in [5, 5.41) is 28.7. The van der Waals surface area contributed by atoms with Gasteiger partial charge in [-0.15, -0.1) is 37.9 Å². The first-order valence-corrected chi connectivity index (χ1v) is 14.3. The van der Waals surface area contributed by atoms with E-state index < -0.39 is 8.60 Å². The number of thiol groups is 3.